The Kier molecular flexibility index (Phi) is 3.08. The molecule has 1 aromatic heterocycles. The zero-order valence-electron chi connectivity index (χ0n) is 12.5. The van der Waals surface area contributed by atoms with Gasteiger partial charge in [0.15, 0.2) is 0 Å². The first kappa shape index (κ1) is 13.0. The van der Waals surface area contributed by atoms with E-state index >= 15 is 0 Å². The van der Waals surface area contributed by atoms with Crippen LogP contribution in [0, 0.1) is 6.92 Å². The zero-order valence-corrected chi connectivity index (χ0v) is 12.5. The Hall–Kier alpha value is -2.74. The van der Waals surface area contributed by atoms with Crippen LogP contribution in [0.4, 0.5) is 5.69 Å². The quantitative estimate of drug-likeness (QED) is 0.537. The molecule has 3 aromatic carbocycles. The molecule has 4 rings (SSSR count). The Balaban J connectivity index is 1.66. The monoisotopic (exact) mass is 287 g/mol. The van der Waals surface area contributed by atoms with Gasteiger partial charge in [0.25, 0.3) is 0 Å². The van der Waals surface area contributed by atoms with Crippen molar-refractivity contribution in [1.29, 1.82) is 0 Å². The minimum absolute atomic E-state index is 0.822. The van der Waals surface area contributed by atoms with Crippen molar-refractivity contribution in [1.82, 2.24) is 0 Å². The summed E-state index contributed by atoms with van der Waals surface area (Å²) >= 11 is 0. The van der Waals surface area contributed by atoms with Gasteiger partial charge in [-0.15, -0.1) is 0 Å². The average molecular weight is 287 g/mol. The Bertz CT molecular complexity index is 952. The Morgan fingerprint density at radius 1 is 0.818 bits per heavy atom. The van der Waals surface area contributed by atoms with E-state index in [1.165, 1.54) is 11.1 Å². The molecule has 22 heavy (non-hydrogen) atoms. The number of benzene rings is 3. The largest absolute Gasteiger partial charge is 0.456 e. The smallest absolute Gasteiger partial charge is 0.135 e. The second-order valence-electron chi connectivity index (χ2n) is 5.65. The summed E-state index contributed by atoms with van der Waals surface area (Å²) in [7, 11) is 0. The summed E-state index contributed by atoms with van der Waals surface area (Å²) in [5, 5.41) is 5.81. The van der Waals surface area contributed by atoms with Gasteiger partial charge in [0.2, 0.25) is 0 Å². The fraction of sp³-hybridized carbons (Fsp3) is 0.100. The van der Waals surface area contributed by atoms with Crippen molar-refractivity contribution >= 4 is 27.6 Å². The second-order valence-corrected chi connectivity index (χ2v) is 5.65. The second kappa shape index (κ2) is 5.23. The van der Waals surface area contributed by atoms with Gasteiger partial charge in [0, 0.05) is 23.0 Å². The summed E-state index contributed by atoms with van der Waals surface area (Å²) < 4.78 is 5.86. The molecule has 108 valence electrons. The Morgan fingerprint density at radius 3 is 2.59 bits per heavy atom. The summed E-state index contributed by atoms with van der Waals surface area (Å²) in [5.41, 5.74) is 5.56. The molecular formula is C20H17NO. The van der Waals surface area contributed by atoms with Crippen LogP contribution in [0.3, 0.4) is 0 Å². The van der Waals surface area contributed by atoms with E-state index in [0.717, 1.165) is 34.2 Å². The van der Waals surface area contributed by atoms with Crippen molar-refractivity contribution < 1.29 is 4.42 Å². The van der Waals surface area contributed by atoms with Crippen LogP contribution < -0.4 is 5.32 Å². The van der Waals surface area contributed by atoms with Crippen LogP contribution >= 0.6 is 0 Å². The molecule has 0 unspecified atom stereocenters. The highest BCUT2D eigenvalue weighted by atomic mass is 16.3. The molecule has 0 bridgehead atoms. The highest BCUT2D eigenvalue weighted by Crippen LogP contribution is 2.30. The molecule has 0 fully saturated rings. The van der Waals surface area contributed by atoms with E-state index in [2.05, 4.69) is 54.7 Å². The van der Waals surface area contributed by atoms with Gasteiger partial charge < -0.3 is 9.73 Å². The lowest BCUT2D eigenvalue weighted by molar-refractivity contribution is 0.669. The molecule has 1 N–H and O–H groups in total. The van der Waals surface area contributed by atoms with Crippen LogP contribution in [0.1, 0.15) is 11.1 Å². The molecule has 2 heteroatoms. The number of hydrogen-bond acceptors (Lipinski definition) is 2. The van der Waals surface area contributed by atoms with Gasteiger partial charge in [-0.05, 0) is 36.8 Å². The van der Waals surface area contributed by atoms with Crippen molar-refractivity contribution in [3.8, 4) is 0 Å². The first-order valence-corrected chi connectivity index (χ1v) is 7.50. The van der Waals surface area contributed by atoms with Gasteiger partial charge in [0.1, 0.15) is 11.2 Å². The maximum absolute atomic E-state index is 5.86. The van der Waals surface area contributed by atoms with E-state index in [1.807, 2.05) is 24.3 Å². The SMILES string of the molecule is Cc1cccc(CNc2ccc3oc4ccccc4c3c2)c1. The lowest BCUT2D eigenvalue weighted by atomic mass is 10.1. The molecule has 0 spiro atoms. The van der Waals surface area contributed by atoms with Crippen LogP contribution in [0.5, 0.6) is 0 Å². The molecular weight excluding hydrogens is 270 g/mol. The van der Waals surface area contributed by atoms with E-state index in [1.54, 1.807) is 0 Å². The molecule has 0 aliphatic heterocycles. The van der Waals surface area contributed by atoms with Crippen LogP contribution in [-0.2, 0) is 6.54 Å². The first-order chi connectivity index (χ1) is 10.8. The third kappa shape index (κ3) is 2.33. The minimum Gasteiger partial charge on any atom is -0.456 e. The molecule has 4 aromatic rings. The summed E-state index contributed by atoms with van der Waals surface area (Å²) in [5.74, 6) is 0. The van der Waals surface area contributed by atoms with Crippen LogP contribution in [0.2, 0.25) is 0 Å². The van der Waals surface area contributed by atoms with Gasteiger partial charge in [-0.1, -0.05) is 48.0 Å². The van der Waals surface area contributed by atoms with Gasteiger partial charge in [-0.25, -0.2) is 0 Å². The topological polar surface area (TPSA) is 25.2 Å². The van der Waals surface area contributed by atoms with Gasteiger partial charge in [-0.2, -0.15) is 0 Å². The molecule has 0 amide bonds. The molecule has 1 heterocycles. The maximum atomic E-state index is 5.86. The number of rotatable bonds is 3. The molecule has 0 radical (unpaired) electrons. The summed E-state index contributed by atoms with van der Waals surface area (Å²) in [4.78, 5) is 0. The average Bonchev–Trinajstić information content (AvgIpc) is 2.91. The van der Waals surface area contributed by atoms with E-state index in [0.29, 0.717) is 0 Å². The van der Waals surface area contributed by atoms with Gasteiger partial charge >= 0.3 is 0 Å². The molecule has 0 aliphatic rings. The van der Waals surface area contributed by atoms with E-state index < -0.39 is 0 Å². The maximum Gasteiger partial charge on any atom is 0.135 e. The molecule has 0 saturated carbocycles. The van der Waals surface area contributed by atoms with Crippen LogP contribution in [-0.4, -0.2) is 0 Å². The van der Waals surface area contributed by atoms with Gasteiger partial charge in [-0.3, -0.25) is 0 Å². The number of furan rings is 1. The van der Waals surface area contributed by atoms with Crippen LogP contribution in [0.15, 0.2) is 71.1 Å². The van der Waals surface area contributed by atoms with Crippen molar-refractivity contribution in [2.24, 2.45) is 0 Å². The lowest BCUT2D eigenvalue weighted by Crippen LogP contribution is -1.99. The Morgan fingerprint density at radius 2 is 1.68 bits per heavy atom. The highest BCUT2D eigenvalue weighted by molar-refractivity contribution is 6.05. The summed E-state index contributed by atoms with van der Waals surface area (Å²) in [6.45, 7) is 2.94. The number of para-hydroxylation sites is 1. The van der Waals surface area contributed by atoms with Crippen molar-refractivity contribution in [2.75, 3.05) is 5.32 Å². The Labute approximate surface area is 129 Å². The summed E-state index contributed by atoms with van der Waals surface area (Å²) in [6, 6.07) is 23.0. The van der Waals surface area contributed by atoms with Gasteiger partial charge in [0.05, 0.1) is 0 Å². The van der Waals surface area contributed by atoms with Crippen molar-refractivity contribution in [3.05, 3.63) is 77.9 Å². The first-order valence-electron chi connectivity index (χ1n) is 7.50. The van der Waals surface area contributed by atoms with Crippen molar-refractivity contribution in [3.63, 3.8) is 0 Å². The lowest BCUT2D eigenvalue weighted by Gasteiger charge is -2.07. The number of aryl methyl sites for hydroxylation is 1. The van der Waals surface area contributed by atoms with Crippen LogP contribution in [0.25, 0.3) is 21.9 Å². The summed E-state index contributed by atoms with van der Waals surface area (Å²) in [6.07, 6.45) is 0. The molecule has 0 atom stereocenters. The highest BCUT2D eigenvalue weighted by Gasteiger charge is 2.06. The molecule has 2 nitrogen and oxygen atoms in total. The fourth-order valence-corrected chi connectivity index (χ4v) is 2.86. The van der Waals surface area contributed by atoms with E-state index in [9.17, 15) is 0 Å². The zero-order chi connectivity index (χ0) is 14.9. The predicted molar refractivity (Wildman–Crippen MR) is 92.2 cm³/mol. The predicted octanol–water partition coefficient (Wildman–Crippen LogP) is 5.51. The minimum atomic E-state index is 0.822. The standard InChI is InChI=1S/C20H17NO/c1-14-5-4-6-15(11-14)13-21-16-9-10-20-18(12-16)17-7-2-3-8-19(17)22-20/h2-12,21H,13H2,1H3. The number of anilines is 1. The molecule has 0 saturated heterocycles. The third-order valence-corrected chi connectivity index (χ3v) is 3.96. The fourth-order valence-electron chi connectivity index (χ4n) is 2.86. The number of fused-ring (bicyclic) bond motifs is 3. The van der Waals surface area contributed by atoms with E-state index in [4.69, 9.17) is 4.42 Å². The number of nitrogens with one attached hydrogen (secondary N) is 1. The van der Waals surface area contributed by atoms with E-state index in [-0.39, 0.29) is 0 Å². The molecule has 0 aliphatic carbocycles. The van der Waals surface area contributed by atoms with Crippen molar-refractivity contribution in [2.45, 2.75) is 13.5 Å². The normalized spacial score (nSPS) is 11.1. The third-order valence-electron chi connectivity index (χ3n) is 3.96. The number of hydrogen-bond donors (Lipinski definition) is 1.